The minimum atomic E-state index is 0.0646. The smallest absolute Gasteiger partial charge is 0.254 e. The van der Waals surface area contributed by atoms with Gasteiger partial charge < -0.3 is 4.57 Å². The van der Waals surface area contributed by atoms with Crippen molar-refractivity contribution < 1.29 is 0 Å². The van der Waals surface area contributed by atoms with Crippen molar-refractivity contribution in [3.05, 3.63) is 79.6 Å². The Labute approximate surface area is 145 Å². The first kappa shape index (κ1) is 16.1. The average molecular weight is 346 g/mol. The number of rotatable bonds is 3. The van der Waals surface area contributed by atoms with E-state index in [1.165, 1.54) is 0 Å². The molecule has 4 heteroatoms. The second-order valence-electron chi connectivity index (χ2n) is 5.61. The van der Waals surface area contributed by atoms with Gasteiger partial charge >= 0.3 is 0 Å². The second kappa shape index (κ2) is 6.38. The summed E-state index contributed by atoms with van der Waals surface area (Å²) in [5.41, 5.74) is 3.90. The fraction of sp³-hybridized carbons (Fsp3) is 0.211. The molecule has 0 atom stereocenters. The zero-order valence-corrected chi connectivity index (χ0v) is 14.6. The third-order valence-corrected chi connectivity index (χ3v) is 4.97. The number of hydrogen-bond acceptors (Lipinski definition) is 1. The Balaban J connectivity index is 2.23. The zero-order valence-electron chi connectivity index (χ0n) is 13.1. The highest BCUT2D eigenvalue weighted by molar-refractivity contribution is 6.42. The molecule has 0 radical (unpaired) electrons. The van der Waals surface area contributed by atoms with Crippen LogP contribution in [0.1, 0.15) is 23.6 Å². The van der Waals surface area contributed by atoms with Crippen LogP contribution in [0.2, 0.25) is 10.0 Å². The molecule has 23 heavy (non-hydrogen) atoms. The predicted octanol–water partition coefficient (Wildman–Crippen LogP) is 5.23. The lowest BCUT2D eigenvalue weighted by atomic mass is 10.0. The Morgan fingerprint density at radius 1 is 1.04 bits per heavy atom. The molecular formula is C19H17Cl2NO. The molecule has 0 aliphatic heterocycles. The van der Waals surface area contributed by atoms with Gasteiger partial charge in [-0.05, 0) is 42.7 Å². The quantitative estimate of drug-likeness (QED) is 0.637. The van der Waals surface area contributed by atoms with Crippen LogP contribution in [0.15, 0.2) is 47.3 Å². The number of benzene rings is 2. The topological polar surface area (TPSA) is 22.0 Å². The van der Waals surface area contributed by atoms with Crippen LogP contribution in [0.3, 0.4) is 0 Å². The van der Waals surface area contributed by atoms with E-state index in [1.807, 2.05) is 48.7 Å². The summed E-state index contributed by atoms with van der Waals surface area (Å²) in [6.07, 6.45) is 0.719. The van der Waals surface area contributed by atoms with Crippen LogP contribution >= 0.6 is 23.2 Å². The van der Waals surface area contributed by atoms with Gasteiger partial charge in [0.15, 0.2) is 0 Å². The van der Waals surface area contributed by atoms with E-state index < -0.39 is 0 Å². The molecule has 2 aromatic carbocycles. The van der Waals surface area contributed by atoms with Gasteiger partial charge in [0.1, 0.15) is 0 Å². The summed E-state index contributed by atoms with van der Waals surface area (Å²) in [6.45, 7) is 4.51. The molecule has 0 N–H and O–H groups in total. The van der Waals surface area contributed by atoms with Gasteiger partial charge in [0.05, 0.1) is 22.1 Å². The third-order valence-electron chi connectivity index (χ3n) is 4.23. The van der Waals surface area contributed by atoms with Crippen molar-refractivity contribution in [2.45, 2.75) is 26.8 Å². The number of fused-ring (bicyclic) bond motifs is 1. The van der Waals surface area contributed by atoms with Gasteiger partial charge in [0, 0.05) is 10.9 Å². The van der Waals surface area contributed by atoms with E-state index in [4.69, 9.17) is 23.2 Å². The maximum absolute atomic E-state index is 12.9. The fourth-order valence-corrected chi connectivity index (χ4v) is 3.34. The Hall–Kier alpha value is -1.77. The standard InChI is InChI=1S/C19H17Cl2NO/c1-3-14-12(2)15-6-4-5-7-18(15)22(19(14)23)11-13-8-9-16(20)17(21)10-13/h4-10H,3,11H2,1-2H3. The van der Waals surface area contributed by atoms with Crippen molar-refractivity contribution in [1.82, 2.24) is 4.57 Å². The molecule has 1 heterocycles. The predicted molar refractivity (Wildman–Crippen MR) is 97.9 cm³/mol. The molecule has 1 aromatic heterocycles. The molecule has 0 saturated heterocycles. The van der Waals surface area contributed by atoms with E-state index in [9.17, 15) is 4.79 Å². The fourth-order valence-electron chi connectivity index (χ4n) is 3.02. The van der Waals surface area contributed by atoms with Crippen LogP contribution in [0.25, 0.3) is 10.9 Å². The lowest BCUT2D eigenvalue weighted by Gasteiger charge is -2.15. The molecule has 0 amide bonds. The average Bonchev–Trinajstić information content (AvgIpc) is 2.55. The molecule has 0 unspecified atom stereocenters. The van der Waals surface area contributed by atoms with Crippen LogP contribution in [0.4, 0.5) is 0 Å². The van der Waals surface area contributed by atoms with Crippen LogP contribution in [0, 0.1) is 6.92 Å². The molecule has 0 aliphatic carbocycles. The number of aromatic nitrogens is 1. The summed E-state index contributed by atoms with van der Waals surface area (Å²) in [6, 6.07) is 13.5. The molecule has 0 aliphatic rings. The van der Waals surface area contributed by atoms with Crippen molar-refractivity contribution in [1.29, 1.82) is 0 Å². The molecule has 0 spiro atoms. The molecule has 3 rings (SSSR count). The molecule has 3 aromatic rings. The van der Waals surface area contributed by atoms with Crippen molar-refractivity contribution in [2.75, 3.05) is 0 Å². The van der Waals surface area contributed by atoms with Gasteiger partial charge in [-0.1, -0.05) is 54.4 Å². The Morgan fingerprint density at radius 3 is 2.48 bits per heavy atom. The zero-order chi connectivity index (χ0) is 16.6. The minimum Gasteiger partial charge on any atom is -0.304 e. The SMILES string of the molecule is CCc1c(C)c2ccccc2n(Cc2ccc(Cl)c(Cl)c2)c1=O. The molecule has 0 bridgehead atoms. The summed E-state index contributed by atoms with van der Waals surface area (Å²) >= 11 is 12.1. The van der Waals surface area contributed by atoms with Gasteiger partial charge in [-0.3, -0.25) is 4.79 Å². The van der Waals surface area contributed by atoms with Crippen LogP contribution in [0.5, 0.6) is 0 Å². The van der Waals surface area contributed by atoms with Gasteiger partial charge in [-0.2, -0.15) is 0 Å². The largest absolute Gasteiger partial charge is 0.304 e. The van der Waals surface area contributed by atoms with E-state index in [2.05, 4.69) is 6.07 Å². The summed E-state index contributed by atoms with van der Waals surface area (Å²) in [5, 5.41) is 2.14. The van der Waals surface area contributed by atoms with Gasteiger partial charge in [0.2, 0.25) is 0 Å². The van der Waals surface area contributed by atoms with E-state index in [0.29, 0.717) is 16.6 Å². The molecular weight excluding hydrogens is 329 g/mol. The lowest BCUT2D eigenvalue weighted by Crippen LogP contribution is -2.25. The lowest BCUT2D eigenvalue weighted by molar-refractivity contribution is 0.777. The monoisotopic (exact) mass is 345 g/mol. The van der Waals surface area contributed by atoms with Crippen LogP contribution < -0.4 is 5.56 Å². The Bertz CT molecular complexity index is 944. The van der Waals surface area contributed by atoms with Crippen LogP contribution in [-0.2, 0) is 13.0 Å². The van der Waals surface area contributed by atoms with E-state index >= 15 is 0 Å². The molecule has 118 valence electrons. The third kappa shape index (κ3) is 2.89. The highest BCUT2D eigenvalue weighted by Crippen LogP contribution is 2.24. The summed E-state index contributed by atoms with van der Waals surface area (Å²) in [4.78, 5) is 12.9. The minimum absolute atomic E-state index is 0.0646. The first-order valence-electron chi connectivity index (χ1n) is 7.58. The maximum atomic E-state index is 12.9. The summed E-state index contributed by atoms with van der Waals surface area (Å²) < 4.78 is 1.82. The second-order valence-corrected chi connectivity index (χ2v) is 6.43. The molecule has 0 saturated carbocycles. The number of halogens is 2. The number of para-hydroxylation sites is 1. The van der Waals surface area contributed by atoms with E-state index in [-0.39, 0.29) is 5.56 Å². The maximum Gasteiger partial charge on any atom is 0.254 e. The number of nitrogens with zero attached hydrogens (tertiary/aromatic N) is 1. The van der Waals surface area contributed by atoms with Gasteiger partial charge in [0.25, 0.3) is 5.56 Å². The molecule has 0 fully saturated rings. The van der Waals surface area contributed by atoms with Gasteiger partial charge in [-0.15, -0.1) is 0 Å². The van der Waals surface area contributed by atoms with Crippen molar-refractivity contribution in [3.63, 3.8) is 0 Å². The Morgan fingerprint density at radius 2 is 1.78 bits per heavy atom. The highest BCUT2D eigenvalue weighted by Gasteiger charge is 2.13. The Kier molecular flexibility index (Phi) is 4.47. The first-order chi connectivity index (χ1) is 11.0. The summed E-state index contributed by atoms with van der Waals surface area (Å²) in [7, 11) is 0. The van der Waals surface area contributed by atoms with Crippen LogP contribution in [-0.4, -0.2) is 4.57 Å². The van der Waals surface area contributed by atoms with Gasteiger partial charge in [-0.25, -0.2) is 0 Å². The molecule has 2 nitrogen and oxygen atoms in total. The van der Waals surface area contributed by atoms with E-state index in [1.54, 1.807) is 6.07 Å². The number of pyridine rings is 1. The van der Waals surface area contributed by atoms with Crippen molar-refractivity contribution >= 4 is 34.1 Å². The number of aryl methyl sites for hydroxylation is 1. The normalized spacial score (nSPS) is 11.1. The summed E-state index contributed by atoms with van der Waals surface area (Å²) in [5.74, 6) is 0. The van der Waals surface area contributed by atoms with Crippen molar-refractivity contribution in [2.24, 2.45) is 0 Å². The number of hydrogen-bond donors (Lipinski definition) is 0. The van der Waals surface area contributed by atoms with Crippen molar-refractivity contribution in [3.8, 4) is 0 Å². The highest BCUT2D eigenvalue weighted by atomic mass is 35.5. The first-order valence-corrected chi connectivity index (χ1v) is 8.33. The van der Waals surface area contributed by atoms with E-state index in [0.717, 1.165) is 34.0 Å².